The van der Waals surface area contributed by atoms with Crippen molar-refractivity contribution in [1.82, 2.24) is 9.88 Å². The molecule has 1 aliphatic carbocycles. The maximum atomic E-state index is 12.4. The molecule has 3 aliphatic rings. The molecule has 0 radical (unpaired) electrons. The second-order valence-electron chi connectivity index (χ2n) is 7.62. The van der Waals surface area contributed by atoms with Gasteiger partial charge in [0.15, 0.2) is 0 Å². The molecule has 2 atom stereocenters. The van der Waals surface area contributed by atoms with Crippen molar-refractivity contribution in [2.45, 2.75) is 38.4 Å². The highest BCUT2D eigenvalue weighted by atomic mass is 16.5. The number of carbonyl (C=O) groups is 1. The second-order valence-corrected chi connectivity index (χ2v) is 7.62. The fourth-order valence-electron chi connectivity index (χ4n) is 4.36. The van der Waals surface area contributed by atoms with Gasteiger partial charge in [-0.2, -0.15) is 0 Å². The summed E-state index contributed by atoms with van der Waals surface area (Å²) in [4.78, 5) is 29.7. The Kier molecular flexibility index (Phi) is 3.45. The number of aromatic amines is 1. The molecule has 5 rings (SSSR count). The van der Waals surface area contributed by atoms with Gasteiger partial charge in [0.1, 0.15) is 0 Å². The highest BCUT2D eigenvalue weighted by Crippen LogP contribution is 2.35. The molecule has 1 amide bonds. The third kappa shape index (κ3) is 2.58. The average molecular weight is 338 g/mol. The minimum atomic E-state index is -0.0213. The molecule has 1 aromatic carbocycles. The normalized spacial score (nSPS) is 26.0. The SMILES string of the molecule is O=C(C1CC1)N1CCC(C2Cc3[nH]c(=O)c4ccccc4c3CO2)C1. The molecule has 1 saturated carbocycles. The van der Waals surface area contributed by atoms with Gasteiger partial charge in [0, 0.05) is 48.0 Å². The number of ether oxygens (including phenoxy) is 1. The van der Waals surface area contributed by atoms with E-state index in [4.69, 9.17) is 4.74 Å². The fraction of sp³-hybridized carbons (Fsp3) is 0.500. The molecular formula is C20H22N2O3. The zero-order valence-corrected chi connectivity index (χ0v) is 14.2. The van der Waals surface area contributed by atoms with E-state index >= 15 is 0 Å². The highest BCUT2D eigenvalue weighted by molar-refractivity contribution is 5.85. The van der Waals surface area contributed by atoms with Crippen molar-refractivity contribution in [1.29, 1.82) is 0 Å². The van der Waals surface area contributed by atoms with Gasteiger partial charge in [0.05, 0.1) is 12.7 Å². The number of hydrogen-bond acceptors (Lipinski definition) is 3. The van der Waals surface area contributed by atoms with Crippen LogP contribution < -0.4 is 5.56 Å². The molecule has 130 valence electrons. The maximum absolute atomic E-state index is 12.4. The standard InChI is InChI=1S/C20H22N2O3/c23-19-15-4-2-1-3-14(15)16-11-25-18(9-17(16)21-19)13-7-8-22(10-13)20(24)12-5-6-12/h1-4,12-13,18H,5-11H2,(H,21,23). The van der Waals surface area contributed by atoms with E-state index in [2.05, 4.69) is 4.98 Å². The van der Waals surface area contributed by atoms with Gasteiger partial charge in [0.25, 0.3) is 5.56 Å². The van der Waals surface area contributed by atoms with Gasteiger partial charge in [-0.05, 0) is 30.7 Å². The van der Waals surface area contributed by atoms with Crippen LogP contribution in [-0.4, -0.2) is 35.0 Å². The summed E-state index contributed by atoms with van der Waals surface area (Å²) in [5.41, 5.74) is 2.09. The van der Waals surface area contributed by atoms with Gasteiger partial charge in [0.2, 0.25) is 5.91 Å². The minimum absolute atomic E-state index is 0.0213. The number of pyridine rings is 1. The summed E-state index contributed by atoms with van der Waals surface area (Å²) in [6, 6.07) is 7.71. The molecule has 25 heavy (non-hydrogen) atoms. The first kappa shape index (κ1) is 15.1. The quantitative estimate of drug-likeness (QED) is 0.913. The van der Waals surface area contributed by atoms with E-state index < -0.39 is 0 Å². The smallest absolute Gasteiger partial charge is 0.256 e. The van der Waals surface area contributed by atoms with Crippen molar-refractivity contribution in [3.63, 3.8) is 0 Å². The maximum Gasteiger partial charge on any atom is 0.256 e. The van der Waals surface area contributed by atoms with Gasteiger partial charge < -0.3 is 14.6 Å². The van der Waals surface area contributed by atoms with E-state index in [-0.39, 0.29) is 17.6 Å². The van der Waals surface area contributed by atoms with Crippen LogP contribution in [0.1, 0.15) is 30.5 Å². The van der Waals surface area contributed by atoms with Crippen LogP contribution >= 0.6 is 0 Å². The average Bonchev–Trinajstić information content (AvgIpc) is 3.37. The summed E-state index contributed by atoms with van der Waals surface area (Å²) in [5.74, 6) is 0.985. The summed E-state index contributed by atoms with van der Waals surface area (Å²) in [5, 5.41) is 1.72. The number of hydrogen-bond donors (Lipinski definition) is 1. The molecule has 2 fully saturated rings. The Bertz CT molecular complexity index is 899. The molecule has 2 aromatic rings. The number of aromatic nitrogens is 1. The third-order valence-electron chi connectivity index (χ3n) is 5.96. The summed E-state index contributed by atoms with van der Waals surface area (Å²) >= 11 is 0. The lowest BCUT2D eigenvalue weighted by molar-refractivity contribution is -0.131. The van der Waals surface area contributed by atoms with E-state index in [0.717, 1.165) is 60.8 Å². The lowest BCUT2D eigenvalue weighted by Gasteiger charge is -2.30. The van der Waals surface area contributed by atoms with E-state index in [1.54, 1.807) is 0 Å². The molecule has 0 spiro atoms. The number of amides is 1. The van der Waals surface area contributed by atoms with Gasteiger partial charge in [-0.3, -0.25) is 9.59 Å². The number of nitrogens with zero attached hydrogens (tertiary/aromatic N) is 1. The van der Waals surface area contributed by atoms with Crippen molar-refractivity contribution in [2.75, 3.05) is 13.1 Å². The Hall–Kier alpha value is -2.14. The topological polar surface area (TPSA) is 62.4 Å². The fourth-order valence-corrected chi connectivity index (χ4v) is 4.36. The first-order chi connectivity index (χ1) is 12.2. The number of carbonyl (C=O) groups excluding carboxylic acids is 1. The van der Waals surface area contributed by atoms with Gasteiger partial charge in [-0.15, -0.1) is 0 Å². The van der Waals surface area contributed by atoms with Crippen LogP contribution in [0.3, 0.4) is 0 Å². The Labute approximate surface area is 146 Å². The number of likely N-dealkylation sites (tertiary alicyclic amines) is 1. The van der Waals surface area contributed by atoms with E-state index in [9.17, 15) is 9.59 Å². The van der Waals surface area contributed by atoms with Gasteiger partial charge in [-0.1, -0.05) is 18.2 Å². The van der Waals surface area contributed by atoms with Crippen LogP contribution in [0.25, 0.3) is 10.8 Å². The van der Waals surface area contributed by atoms with Crippen molar-refractivity contribution < 1.29 is 9.53 Å². The number of fused-ring (bicyclic) bond motifs is 3. The molecule has 5 heteroatoms. The molecule has 3 heterocycles. The molecule has 0 bridgehead atoms. The Morgan fingerprint density at radius 2 is 1.96 bits per heavy atom. The Balaban J connectivity index is 1.38. The second kappa shape index (κ2) is 5.70. The Morgan fingerprint density at radius 1 is 1.16 bits per heavy atom. The summed E-state index contributed by atoms with van der Waals surface area (Å²) in [7, 11) is 0. The summed E-state index contributed by atoms with van der Waals surface area (Å²) in [6.45, 7) is 2.18. The monoisotopic (exact) mass is 338 g/mol. The van der Waals surface area contributed by atoms with Gasteiger partial charge >= 0.3 is 0 Å². The Morgan fingerprint density at radius 3 is 2.76 bits per heavy atom. The lowest BCUT2D eigenvalue weighted by atomic mass is 9.92. The van der Waals surface area contributed by atoms with Crippen molar-refractivity contribution in [2.24, 2.45) is 11.8 Å². The molecule has 5 nitrogen and oxygen atoms in total. The number of nitrogens with one attached hydrogen (secondary N) is 1. The first-order valence-electron chi connectivity index (χ1n) is 9.24. The van der Waals surface area contributed by atoms with E-state index in [1.807, 2.05) is 29.2 Å². The predicted molar refractivity (Wildman–Crippen MR) is 94.3 cm³/mol. The lowest BCUT2D eigenvalue weighted by Crippen LogP contribution is -2.36. The molecule has 1 saturated heterocycles. The van der Waals surface area contributed by atoms with Crippen molar-refractivity contribution in [3.8, 4) is 0 Å². The van der Waals surface area contributed by atoms with Crippen molar-refractivity contribution >= 4 is 16.7 Å². The number of H-pyrrole nitrogens is 1. The van der Waals surface area contributed by atoms with Crippen molar-refractivity contribution in [3.05, 3.63) is 45.9 Å². The zero-order valence-electron chi connectivity index (χ0n) is 14.2. The van der Waals surface area contributed by atoms with Crippen LogP contribution in [-0.2, 0) is 22.6 Å². The number of benzene rings is 1. The molecule has 1 aromatic heterocycles. The van der Waals surface area contributed by atoms with Crippen LogP contribution in [0, 0.1) is 11.8 Å². The number of rotatable bonds is 2. The van der Waals surface area contributed by atoms with E-state index in [1.165, 1.54) is 0 Å². The third-order valence-corrected chi connectivity index (χ3v) is 5.96. The first-order valence-corrected chi connectivity index (χ1v) is 9.24. The summed E-state index contributed by atoms with van der Waals surface area (Å²) < 4.78 is 6.18. The molecular weight excluding hydrogens is 316 g/mol. The van der Waals surface area contributed by atoms with Crippen LogP contribution in [0.5, 0.6) is 0 Å². The molecule has 2 unspecified atom stereocenters. The van der Waals surface area contributed by atoms with E-state index in [0.29, 0.717) is 18.4 Å². The highest BCUT2D eigenvalue weighted by Gasteiger charge is 2.39. The molecule has 1 N–H and O–H groups in total. The van der Waals surface area contributed by atoms with Crippen LogP contribution in [0.15, 0.2) is 29.1 Å². The minimum Gasteiger partial charge on any atom is -0.373 e. The van der Waals surface area contributed by atoms with Crippen LogP contribution in [0.2, 0.25) is 0 Å². The molecule has 2 aliphatic heterocycles. The predicted octanol–water partition coefficient (Wildman–Crippen LogP) is 2.23. The zero-order chi connectivity index (χ0) is 17.0. The van der Waals surface area contributed by atoms with Crippen LogP contribution in [0.4, 0.5) is 0 Å². The largest absolute Gasteiger partial charge is 0.373 e. The van der Waals surface area contributed by atoms with Gasteiger partial charge in [-0.25, -0.2) is 0 Å². The summed E-state index contributed by atoms with van der Waals surface area (Å²) in [6.07, 6.45) is 3.92.